The molecule has 0 aromatic carbocycles. The topological polar surface area (TPSA) is 49.4 Å². The van der Waals surface area contributed by atoms with Gasteiger partial charge in [0.25, 0.3) is 0 Å². The molecule has 1 saturated heterocycles. The van der Waals surface area contributed by atoms with Crippen molar-refractivity contribution in [3.05, 3.63) is 12.7 Å². The van der Waals surface area contributed by atoms with Gasteiger partial charge in [-0.2, -0.15) is 0 Å². The third-order valence-corrected chi connectivity index (χ3v) is 2.13. The quantitative estimate of drug-likeness (QED) is 0.620. The van der Waals surface area contributed by atoms with Crippen LogP contribution in [-0.4, -0.2) is 35.8 Å². The molecule has 1 unspecified atom stereocenters. The zero-order chi connectivity index (χ0) is 9.84. The molecule has 4 nitrogen and oxygen atoms in total. The molecule has 1 heterocycles. The van der Waals surface area contributed by atoms with Gasteiger partial charge >= 0.3 is 0 Å². The summed E-state index contributed by atoms with van der Waals surface area (Å²) in [6.45, 7) is 6.60. The van der Waals surface area contributed by atoms with Gasteiger partial charge < -0.3 is 10.2 Å². The second-order valence-corrected chi connectivity index (χ2v) is 3.05. The molecule has 13 heavy (non-hydrogen) atoms. The molecule has 0 aromatic rings. The van der Waals surface area contributed by atoms with Crippen LogP contribution in [0.25, 0.3) is 0 Å². The number of likely N-dealkylation sites (tertiary alicyclic amines) is 1. The van der Waals surface area contributed by atoms with E-state index in [-0.39, 0.29) is 17.9 Å². The van der Waals surface area contributed by atoms with Crippen LogP contribution in [0.2, 0.25) is 0 Å². The maximum Gasteiger partial charge on any atom is 0.243 e. The van der Waals surface area contributed by atoms with E-state index in [1.807, 2.05) is 6.92 Å². The van der Waals surface area contributed by atoms with E-state index in [2.05, 4.69) is 11.9 Å². The Labute approximate surface area is 77.6 Å². The molecule has 1 aliphatic heterocycles. The number of nitrogens with zero attached hydrogens (tertiary/aromatic N) is 1. The lowest BCUT2D eigenvalue weighted by atomic mass is 10.2. The van der Waals surface area contributed by atoms with Crippen LogP contribution in [0.4, 0.5) is 0 Å². The van der Waals surface area contributed by atoms with Crippen molar-refractivity contribution in [2.24, 2.45) is 0 Å². The standard InChI is InChI=1S/C9H14N2O2/c1-3-8(12)10-7-5-9(13)11(4-2)6-7/h3,7H,1,4-6H2,2H3,(H,10,12). The highest BCUT2D eigenvalue weighted by atomic mass is 16.2. The lowest BCUT2D eigenvalue weighted by Crippen LogP contribution is -2.35. The molecule has 1 rings (SSSR count). The Hall–Kier alpha value is -1.32. The molecule has 4 heteroatoms. The van der Waals surface area contributed by atoms with Gasteiger partial charge in [-0.3, -0.25) is 9.59 Å². The van der Waals surface area contributed by atoms with Crippen molar-refractivity contribution in [3.63, 3.8) is 0 Å². The van der Waals surface area contributed by atoms with Crippen molar-refractivity contribution in [2.75, 3.05) is 13.1 Å². The largest absolute Gasteiger partial charge is 0.348 e. The van der Waals surface area contributed by atoms with E-state index < -0.39 is 0 Å². The number of likely N-dealkylation sites (N-methyl/N-ethyl adjacent to an activating group) is 1. The van der Waals surface area contributed by atoms with Gasteiger partial charge in [0, 0.05) is 19.5 Å². The smallest absolute Gasteiger partial charge is 0.243 e. The van der Waals surface area contributed by atoms with Crippen LogP contribution in [0, 0.1) is 0 Å². The number of amides is 2. The summed E-state index contributed by atoms with van der Waals surface area (Å²) in [4.78, 5) is 23.9. The van der Waals surface area contributed by atoms with Gasteiger partial charge in [-0.05, 0) is 13.0 Å². The predicted molar refractivity (Wildman–Crippen MR) is 49.0 cm³/mol. The van der Waals surface area contributed by atoms with Crippen LogP contribution in [0.15, 0.2) is 12.7 Å². The minimum Gasteiger partial charge on any atom is -0.348 e. The van der Waals surface area contributed by atoms with Gasteiger partial charge in [-0.25, -0.2) is 0 Å². The first-order valence-corrected chi connectivity index (χ1v) is 4.38. The molecule has 1 N–H and O–H groups in total. The summed E-state index contributed by atoms with van der Waals surface area (Å²) in [5.41, 5.74) is 0. The van der Waals surface area contributed by atoms with Crippen molar-refractivity contribution in [1.29, 1.82) is 0 Å². The van der Waals surface area contributed by atoms with Gasteiger partial charge in [-0.1, -0.05) is 6.58 Å². The van der Waals surface area contributed by atoms with Crippen molar-refractivity contribution < 1.29 is 9.59 Å². The summed E-state index contributed by atoms with van der Waals surface area (Å²) < 4.78 is 0. The second kappa shape index (κ2) is 4.07. The van der Waals surface area contributed by atoms with Crippen molar-refractivity contribution in [3.8, 4) is 0 Å². The third-order valence-electron chi connectivity index (χ3n) is 2.13. The van der Waals surface area contributed by atoms with Crippen molar-refractivity contribution in [2.45, 2.75) is 19.4 Å². The number of hydrogen-bond acceptors (Lipinski definition) is 2. The lowest BCUT2D eigenvalue weighted by Gasteiger charge is -2.13. The number of nitrogens with one attached hydrogen (secondary N) is 1. The Kier molecular flexibility index (Phi) is 3.06. The Morgan fingerprint density at radius 3 is 3.00 bits per heavy atom. The first kappa shape index (κ1) is 9.77. The highest BCUT2D eigenvalue weighted by Crippen LogP contribution is 2.09. The fraction of sp³-hybridized carbons (Fsp3) is 0.556. The van der Waals surface area contributed by atoms with Crippen LogP contribution in [0.1, 0.15) is 13.3 Å². The monoisotopic (exact) mass is 182 g/mol. The molecule has 0 spiro atoms. The number of hydrogen-bond donors (Lipinski definition) is 1. The molecule has 72 valence electrons. The summed E-state index contributed by atoms with van der Waals surface area (Å²) in [5.74, 6) is -0.104. The predicted octanol–water partition coefficient (Wildman–Crippen LogP) is -0.0906. The first-order valence-electron chi connectivity index (χ1n) is 4.38. The Bertz CT molecular complexity index is 238. The van der Waals surface area contributed by atoms with Crippen LogP contribution < -0.4 is 5.32 Å². The maximum absolute atomic E-state index is 11.2. The molecule has 0 radical (unpaired) electrons. The maximum atomic E-state index is 11.2. The zero-order valence-electron chi connectivity index (χ0n) is 7.75. The fourth-order valence-electron chi connectivity index (χ4n) is 1.43. The SMILES string of the molecule is C=CC(=O)NC1CC(=O)N(CC)C1. The molecule has 0 aromatic heterocycles. The summed E-state index contributed by atoms with van der Waals surface area (Å²) in [7, 11) is 0. The van der Waals surface area contributed by atoms with E-state index in [0.29, 0.717) is 19.5 Å². The molecule has 1 fully saturated rings. The van der Waals surface area contributed by atoms with Crippen molar-refractivity contribution >= 4 is 11.8 Å². The van der Waals surface area contributed by atoms with E-state index in [4.69, 9.17) is 0 Å². The van der Waals surface area contributed by atoms with Gasteiger partial charge in [-0.15, -0.1) is 0 Å². The van der Waals surface area contributed by atoms with Gasteiger partial charge in [0.2, 0.25) is 11.8 Å². The molecule has 0 saturated carbocycles. The van der Waals surface area contributed by atoms with Crippen LogP contribution in [-0.2, 0) is 9.59 Å². The van der Waals surface area contributed by atoms with Crippen molar-refractivity contribution in [1.82, 2.24) is 10.2 Å². The number of carbonyl (C=O) groups excluding carboxylic acids is 2. The van der Waals surface area contributed by atoms with E-state index in [1.54, 1.807) is 4.90 Å². The van der Waals surface area contributed by atoms with Gasteiger partial charge in [0.15, 0.2) is 0 Å². The van der Waals surface area contributed by atoms with Crippen LogP contribution >= 0.6 is 0 Å². The minimum atomic E-state index is -0.212. The molecule has 2 amide bonds. The van der Waals surface area contributed by atoms with Crippen LogP contribution in [0.5, 0.6) is 0 Å². The zero-order valence-corrected chi connectivity index (χ0v) is 7.75. The van der Waals surface area contributed by atoms with E-state index in [9.17, 15) is 9.59 Å². The summed E-state index contributed by atoms with van der Waals surface area (Å²) in [6.07, 6.45) is 1.63. The molecule has 1 atom stereocenters. The third kappa shape index (κ3) is 2.31. The summed E-state index contributed by atoms with van der Waals surface area (Å²) >= 11 is 0. The van der Waals surface area contributed by atoms with E-state index in [1.165, 1.54) is 6.08 Å². The molecule has 0 bridgehead atoms. The number of rotatable bonds is 3. The van der Waals surface area contributed by atoms with Gasteiger partial charge in [0.1, 0.15) is 0 Å². The van der Waals surface area contributed by atoms with Crippen LogP contribution in [0.3, 0.4) is 0 Å². The Balaban J connectivity index is 2.44. The highest BCUT2D eigenvalue weighted by Gasteiger charge is 2.28. The molecular weight excluding hydrogens is 168 g/mol. The Morgan fingerprint density at radius 1 is 1.85 bits per heavy atom. The van der Waals surface area contributed by atoms with Gasteiger partial charge in [0.05, 0.1) is 6.04 Å². The second-order valence-electron chi connectivity index (χ2n) is 3.05. The fourth-order valence-corrected chi connectivity index (χ4v) is 1.43. The highest BCUT2D eigenvalue weighted by molar-refractivity contribution is 5.88. The van der Waals surface area contributed by atoms with E-state index in [0.717, 1.165) is 0 Å². The lowest BCUT2D eigenvalue weighted by molar-refractivity contribution is -0.127. The molecule has 0 aliphatic carbocycles. The molecule has 1 aliphatic rings. The summed E-state index contributed by atoms with van der Waals surface area (Å²) in [5, 5.41) is 2.70. The summed E-state index contributed by atoms with van der Waals surface area (Å²) in [6, 6.07) is -0.0436. The normalized spacial score (nSPS) is 21.8. The average Bonchev–Trinajstić information content (AvgIpc) is 2.46. The first-order chi connectivity index (χ1) is 6.17. The molecular formula is C9H14N2O2. The number of carbonyl (C=O) groups is 2. The van der Waals surface area contributed by atoms with E-state index >= 15 is 0 Å². The Morgan fingerprint density at radius 2 is 2.54 bits per heavy atom. The minimum absolute atomic E-state index is 0.0436. The average molecular weight is 182 g/mol.